The predicted molar refractivity (Wildman–Crippen MR) is 87.6 cm³/mol. The van der Waals surface area contributed by atoms with E-state index in [1.807, 2.05) is 6.07 Å². The number of rotatable bonds is 2. The van der Waals surface area contributed by atoms with Crippen molar-refractivity contribution in [2.75, 3.05) is 10.8 Å². The van der Waals surface area contributed by atoms with Crippen molar-refractivity contribution in [3.63, 3.8) is 0 Å². The average molecular weight is 362 g/mol. The van der Waals surface area contributed by atoms with Crippen molar-refractivity contribution in [3.05, 3.63) is 42.2 Å². The van der Waals surface area contributed by atoms with Gasteiger partial charge < -0.3 is 5.11 Å². The Bertz CT molecular complexity index is 1100. The summed E-state index contributed by atoms with van der Waals surface area (Å²) >= 11 is 0. The molecule has 1 fully saturated rings. The number of aromatic hydroxyl groups is 1. The first-order chi connectivity index (χ1) is 11.9. The summed E-state index contributed by atoms with van der Waals surface area (Å²) in [5.74, 6) is -2.40. The number of aromatic amines is 1. The Morgan fingerprint density at radius 1 is 1.24 bits per heavy atom. The van der Waals surface area contributed by atoms with Gasteiger partial charge in [-0.2, -0.15) is 13.5 Å². The monoisotopic (exact) mass is 362 g/mol. The molecule has 25 heavy (non-hydrogen) atoms. The number of H-pyrrole nitrogens is 1. The Morgan fingerprint density at radius 2 is 2.00 bits per heavy atom. The number of nitrogens with zero attached hydrogens (tertiary/aromatic N) is 2. The number of carbonyl (C=O) groups is 1. The summed E-state index contributed by atoms with van der Waals surface area (Å²) in [7, 11) is -4.22. The van der Waals surface area contributed by atoms with E-state index in [-0.39, 0.29) is 5.56 Å². The van der Waals surface area contributed by atoms with Gasteiger partial charge in [-0.05, 0) is 18.2 Å². The fourth-order valence-electron chi connectivity index (χ4n) is 2.80. The number of nitrogens with one attached hydrogen (secondary N) is 2. The summed E-state index contributed by atoms with van der Waals surface area (Å²) in [6, 6.07) is 9.46. The summed E-state index contributed by atoms with van der Waals surface area (Å²) < 4.78 is 40.5. The third-order valence-electron chi connectivity index (χ3n) is 3.86. The molecular formula is C15H11FN4O4S. The topological polar surface area (TPSA) is 115 Å². The fourth-order valence-corrected chi connectivity index (χ4v) is 3.97. The lowest BCUT2D eigenvalue weighted by Gasteiger charge is -2.17. The van der Waals surface area contributed by atoms with Crippen LogP contribution in [0.4, 0.5) is 10.1 Å². The molecule has 10 heteroatoms. The zero-order chi connectivity index (χ0) is 17.8. The molecule has 1 saturated heterocycles. The first kappa shape index (κ1) is 15.4. The molecule has 0 bridgehead atoms. The number of amides is 1. The lowest BCUT2D eigenvalue weighted by molar-refractivity contribution is -0.117. The molecule has 3 N–H and O–H groups in total. The van der Waals surface area contributed by atoms with E-state index in [4.69, 9.17) is 0 Å². The number of phenols is 1. The van der Waals surface area contributed by atoms with Crippen LogP contribution in [0.2, 0.25) is 0 Å². The minimum Gasteiger partial charge on any atom is -0.506 e. The molecule has 4 rings (SSSR count). The third kappa shape index (κ3) is 2.38. The second kappa shape index (κ2) is 5.18. The lowest BCUT2D eigenvalue weighted by atomic mass is 10.1. The van der Waals surface area contributed by atoms with Crippen molar-refractivity contribution in [1.82, 2.24) is 14.9 Å². The van der Waals surface area contributed by atoms with Crippen LogP contribution >= 0.6 is 0 Å². The van der Waals surface area contributed by atoms with Gasteiger partial charge in [0, 0.05) is 10.9 Å². The summed E-state index contributed by atoms with van der Waals surface area (Å²) in [5.41, 5.74) is 0.835. The number of hydrogen-bond acceptors (Lipinski definition) is 5. The van der Waals surface area contributed by atoms with Gasteiger partial charge in [-0.25, -0.2) is 13.4 Å². The molecule has 0 radical (unpaired) electrons. The normalized spacial score (nSPS) is 16.4. The molecule has 0 spiro atoms. The molecular weight excluding hydrogens is 351 g/mol. The number of fused-ring (bicyclic) bond motifs is 1. The second-order valence-electron chi connectivity index (χ2n) is 5.48. The van der Waals surface area contributed by atoms with Crippen LogP contribution in [0, 0.1) is 5.82 Å². The maximum Gasteiger partial charge on any atom is 0.326 e. The largest absolute Gasteiger partial charge is 0.506 e. The van der Waals surface area contributed by atoms with E-state index in [2.05, 4.69) is 10.2 Å². The Kier molecular flexibility index (Phi) is 3.19. The van der Waals surface area contributed by atoms with E-state index in [0.717, 1.165) is 17.0 Å². The average Bonchev–Trinajstić information content (AvgIpc) is 3.07. The number of phenolic OH excluding ortho intramolecular Hbond substituents is 1. The van der Waals surface area contributed by atoms with E-state index in [1.54, 1.807) is 22.9 Å². The van der Waals surface area contributed by atoms with Crippen LogP contribution < -0.4 is 9.03 Å². The summed E-state index contributed by atoms with van der Waals surface area (Å²) in [6.45, 7) is -0.600. The molecule has 0 unspecified atom stereocenters. The van der Waals surface area contributed by atoms with Crippen molar-refractivity contribution < 1.29 is 22.7 Å². The van der Waals surface area contributed by atoms with Gasteiger partial charge in [0.1, 0.15) is 23.7 Å². The van der Waals surface area contributed by atoms with Crippen LogP contribution in [0.15, 0.2) is 36.4 Å². The zero-order valence-corrected chi connectivity index (χ0v) is 13.3. The number of aromatic nitrogens is 2. The molecule has 0 aliphatic carbocycles. The minimum absolute atomic E-state index is 0.270. The highest BCUT2D eigenvalue weighted by Crippen LogP contribution is 2.38. The number of anilines is 1. The van der Waals surface area contributed by atoms with Crippen LogP contribution in [-0.2, 0) is 15.0 Å². The van der Waals surface area contributed by atoms with Gasteiger partial charge >= 0.3 is 10.2 Å². The number of benzene rings is 2. The van der Waals surface area contributed by atoms with E-state index >= 15 is 0 Å². The number of hydrogen-bond donors (Lipinski definition) is 3. The molecule has 128 valence electrons. The Hall–Kier alpha value is -3.14. The second-order valence-corrected chi connectivity index (χ2v) is 7.08. The van der Waals surface area contributed by atoms with E-state index < -0.39 is 39.9 Å². The van der Waals surface area contributed by atoms with Gasteiger partial charge in [0.25, 0.3) is 5.91 Å². The third-order valence-corrected chi connectivity index (χ3v) is 5.23. The highest BCUT2D eigenvalue weighted by molar-refractivity contribution is 7.92. The first-order valence-electron chi connectivity index (χ1n) is 7.16. The summed E-state index contributed by atoms with van der Waals surface area (Å²) in [6.07, 6.45) is 0. The van der Waals surface area contributed by atoms with Crippen LogP contribution in [0.5, 0.6) is 5.75 Å². The summed E-state index contributed by atoms with van der Waals surface area (Å²) in [4.78, 5) is 11.3. The van der Waals surface area contributed by atoms with E-state index in [1.165, 1.54) is 6.07 Å². The van der Waals surface area contributed by atoms with Gasteiger partial charge in [0.2, 0.25) is 0 Å². The van der Waals surface area contributed by atoms with Crippen LogP contribution in [-0.4, -0.2) is 36.2 Å². The van der Waals surface area contributed by atoms with E-state index in [9.17, 15) is 22.7 Å². The van der Waals surface area contributed by atoms with Gasteiger partial charge in [0.15, 0.2) is 5.82 Å². The van der Waals surface area contributed by atoms with Crippen molar-refractivity contribution in [2.24, 2.45) is 0 Å². The molecule has 1 aliphatic rings. The van der Waals surface area contributed by atoms with Crippen molar-refractivity contribution >= 4 is 32.7 Å². The number of carbonyl (C=O) groups excluding carboxylic acids is 1. The SMILES string of the molecule is O=C1CN(c2c(O)cc(-c3n[nH]c4ccccc34)cc2F)S(=O)(=O)N1. The molecule has 3 aromatic rings. The molecule has 2 heterocycles. The molecule has 0 saturated carbocycles. The summed E-state index contributed by atoms with van der Waals surface area (Å²) in [5, 5.41) is 17.8. The maximum atomic E-state index is 14.6. The predicted octanol–water partition coefficient (Wildman–Crippen LogP) is 1.26. The Balaban J connectivity index is 1.86. The highest BCUT2D eigenvalue weighted by atomic mass is 32.2. The fraction of sp³-hybridized carbons (Fsp3) is 0.0667. The molecule has 2 aromatic carbocycles. The highest BCUT2D eigenvalue weighted by Gasteiger charge is 2.37. The van der Waals surface area contributed by atoms with Crippen molar-refractivity contribution in [2.45, 2.75) is 0 Å². The standard InChI is InChI=1S/C15H11FN4O4S/c16-10-5-8(14-9-3-1-2-4-11(9)17-18-14)6-12(21)15(10)20-7-13(22)19-25(20,23)24/h1-6,21H,7H2,(H,17,18)(H,19,22). The Morgan fingerprint density at radius 3 is 2.68 bits per heavy atom. The van der Waals surface area contributed by atoms with Gasteiger partial charge in [0.05, 0.1) is 5.52 Å². The van der Waals surface area contributed by atoms with Crippen molar-refractivity contribution in [3.8, 4) is 17.0 Å². The first-order valence-corrected chi connectivity index (χ1v) is 8.60. The van der Waals surface area contributed by atoms with Gasteiger partial charge in [-0.3, -0.25) is 9.89 Å². The van der Waals surface area contributed by atoms with E-state index in [0.29, 0.717) is 10.00 Å². The number of halogens is 1. The lowest BCUT2D eigenvalue weighted by Crippen LogP contribution is -2.30. The van der Waals surface area contributed by atoms with Crippen molar-refractivity contribution in [1.29, 1.82) is 0 Å². The quantitative estimate of drug-likeness (QED) is 0.635. The van der Waals surface area contributed by atoms with Crippen LogP contribution in [0.1, 0.15) is 0 Å². The van der Waals surface area contributed by atoms with Crippen LogP contribution in [0.3, 0.4) is 0 Å². The zero-order valence-electron chi connectivity index (χ0n) is 12.5. The number of para-hydroxylation sites is 1. The molecule has 1 aromatic heterocycles. The smallest absolute Gasteiger partial charge is 0.326 e. The minimum atomic E-state index is -4.22. The molecule has 1 amide bonds. The van der Waals surface area contributed by atoms with Gasteiger partial charge in [-0.15, -0.1) is 0 Å². The molecule has 0 atom stereocenters. The molecule has 1 aliphatic heterocycles. The van der Waals surface area contributed by atoms with Crippen LogP contribution in [0.25, 0.3) is 22.2 Å². The molecule has 8 nitrogen and oxygen atoms in total. The maximum absolute atomic E-state index is 14.6. The van der Waals surface area contributed by atoms with Gasteiger partial charge in [-0.1, -0.05) is 18.2 Å². The Labute approximate surface area is 141 Å².